The second-order valence-corrected chi connectivity index (χ2v) is 7.31. The first-order chi connectivity index (χ1) is 11.7. The Labute approximate surface area is 147 Å². The van der Waals surface area contributed by atoms with Gasteiger partial charge in [0.15, 0.2) is 5.96 Å². The number of hydrogen-bond donors (Lipinski definition) is 3. The standard InChI is InChI=1S/C18H36N4O2/c1-3-8-22-9-5-16(13-22)12-20-17(19-4-2)21-14-18(6-10-23)7-11-24-15-18/h16,23H,3-15H2,1-2H3,(H2,19,20,21). The molecule has 0 saturated carbocycles. The third-order valence-electron chi connectivity index (χ3n) is 5.21. The maximum atomic E-state index is 9.34. The maximum Gasteiger partial charge on any atom is 0.191 e. The summed E-state index contributed by atoms with van der Waals surface area (Å²) >= 11 is 0. The zero-order valence-corrected chi connectivity index (χ0v) is 15.5. The largest absolute Gasteiger partial charge is 0.396 e. The van der Waals surface area contributed by atoms with Crippen molar-refractivity contribution in [2.24, 2.45) is 16.3 Å². The zero-order valence-electron chi connectivity index (χ0n) is 15.5. The Morgan fingerprint density at radius 2 is 2.25 bits per heavy atom. The van der Waals surface area contributed by atoms with Crippen molar-refractivity contribution in [1.82, 2.24) is 15.5 Å². The Kier molecular flexibility index (Phi) is 8.29. The molecule has 2 aliphatic heterocycles. The first-order valence-corrected chi connectivity index (χ1v) is 9.64. The first kappa shape index (κ1) is 19.5. The Morgan fingerprint density at radius 1 is 1.38 bits per heavy atom. The van der Waals surface area contributed by atoms with Crippen molar-refractivity contribution < 1.29 is 9.84 Å². The van der Waals surface area contributed by atoms with Crippen LogP contribution in [-0.2, 0) is 4.74 Å². The van der Waals surface area contributed by atoms with E-state index in [2.05, 4.69) is 29.4 Å². The van der Waals surface area contributed by atoms with Gasteiger partial charge in [0.2, 0.25) is 0 Å². The Hall–Kier alpha value is -0.850. The van der Waals surface area contributed by atoms with Gasteiger partial charge in [0.05, 0.1) is 13.2 Å². The van der Waals surface area contributed by atoms with Crippen LogP contribution < -0.4 is 10.6 Å². The van der Waals surface area contributed by atoms with Crippen LogP contribution >= 0.6 is 0 Å². The minimum absolute atomic E-state index is 0.0163. The molecule has 0 radical (unpaired) electrons. The van der Waals surface area contributed by atoms with E-state index in [4.69, 9.17) is 9.73 Å². The van der Waals surface area contributed by atoms with Crippen LogP contribution in [0.2, 0.25) is 0 Å². The fourth-order valence-electron chi connectivity index (χ4n) is 3.72. The molecule has 0 aromatic carbocycles. The quantitative estimate of drug-likeness (QED) is 0.433. The van der Waals surface area contributed by atoms with Crippen molar-refractivity contribution in [1.29, 1.82) is 0 Å². The van der Waals surface area contributed by atoms with Crippen LogP contribution in [0.3, 0.4) is 0 Å². The van der Waals surface area contributed by atoms with Crippen molar-refractivity contribution in [2.45, 2.75) is 39.5 Å². The molecule has 3 N–H and O–H groups in total. The minimum atomic E-state index is 0.0163. The van der Waals surface area contributed by atoms with E-state index in [1.807, 2.05) is 0 Å². The summed E-state index contributed by atoms with van der Waals surface area (Å²) in [4.78, 5) is 7.35. The third kappa shape index (κ3) is 5.90. The van der Waals surface area contributed by atoms with Gasteiger partial charge in [-0.2, -0.15) is 0 Å². The second kappa shape index (κ2) is 10.2. The normalized spacial score (nSPS) is 28.5. The Bertz CT molecular complexity index is 383. The van der Waals surface area contributed by atoms with Gasteiger partial charge in [-0.05, 0) is 51.6 Å². The molecule has 6 nitrogen and oxygen atoms in total. The summed E-state index contributed by atoms with van der Waals surface area (Å²) in [5.74, 6) is 1.61. The van der Waals surface area contributed by atoms with Crippen LogP contribution in [0.25, 0.3) is 0 Å². The number of rotatable bonds is 9. The predicted molar refractivity (Wildman–Crippen MR) is 98.4 cm³/mol. The minimum Gasteiger partial charge on any atom is -0.396 e. The van der Waals surface area contributed by atoms with Crippen LogP contribution in [0.5, 0.6) is 0 Å². The number of likely N-dealkylation sites (tertiary alicyclic amines) is 1. The summed E-state index contributed by atoms with van der Waals surface area (Å²) in [6, 6.07) is 0. The molecule has 2 aliphatic rings. The molecule has 2 atom stereocenters. The molecule has 140 valence electrons. The van der Waals surface area contributed by atoms with Gasteiger partial charge in [0, 0.05) is 38.3 Å². The highest BCUT2D eigenvalue weighted by molar-refractivity contribution is 5.79. The van der Waals surface area contributed by atoms with Crippen molar-refractivity contribution >= 4 is 5.96 Å². The molecule has 2 heterocycles. The van der Waals surface area contributed by atoms with Crippen molar-refractivity contribution in [3.05, 3.63) is 0 Å². The molecule has 6 heteroatoms. The van der Waals surface area contributed by atoms with E-state index < -0.39 is 0 Å². The topological polar surface area (TPSA) is 69.1 Å². The Balaban J connectivity index is 1.82. The molecule has 0 aliphatic carbocycles. The number of nitrogens with zero attached hydrogens (tertiary/aromatic N) is 2. The van der Waals surface area contributed by atoms with Crippen LogP contribution in [0.1, 0.15) is 39.5 Å². The van der Waals surface area contributed by atoms with Gasteiger partial charge in [-0.15, -0.1) is 0 Å². The van der Waals surface area contributed by atoms with Gasteiger partial charge in [-0.1, -0.05) is 6.92 Å². The lowest BCUT2D eigenvalue weighted by Gasteiger charge is -2.25. The molecule has 0 spiro atoms. The van der Waals surface area contributed by atoms with E-state index in [1.165, 1.54) is 32.5 Å². The molecule has 0 aromatic heterocycles. The SMILES string of the molecule is CCCN1CCC(CNC(=NCC2(CCO)CCOC2)NCC)C1. The van der Waals surface area contributed by atoms with Crippen molar-refractivity contribution in [3.63, 3.8) is 0 Å². The van der Waals surface area contributed by atoms with Gasteiger partial charge < -0.3 is 25.4 Å². The molecule has 0 aromatic rings. The number of hydrogen-bond acceptors (Lipinski definition) is 4. The molecular formula is C18H36N4O2. The Morgan fingerprint density at radius 3 is 2.92 bits per heavy atom. The van der Waals surface area contributed by atoms with Crippen LogP contribution in [0.15, 0.2) is 4.99 Å². The third-order valence-corrected chi connectivity index (χ3v) is 5.21. The van der Waals surface area contributed by atoms with E-state index in [0.29, 0.717) is 12.5 Å². The molecule has 24 heavy (non-hydrogen) atoms. The maximum absolute atomic E-state index is 9.34. The predicted octanol–water partition coefficient (Wildman–Crippen LogP) is 1.06. The van der Waals surface area contributed by atoms with Crippen LogP contribution in [-0.4, -0.2) is 75.1 Å². The smallest absolute Gasteiger partial charge is 0.191 e. The fourth-order valence-corrected chi connectivity index (χ4v) is 3.72. The van der Waals surface area contributed by atoms with Crippen molar-refractivity contribution in [2.75, 3.05) is 59.1 Å². The average Bonchev–Trinajstić information content (AvgIpc) is 3.21. The lowest BCUT2D eigenvalue weighted by atomic mass is 9.84. The van der Waals surface area contributed by atoms with Crippen LogP contribution in [0.4, 0.5) is 0 Å². The fraction of sp³-hybridized carbons (Fsp3) is 0.944. The summed E-state index contributed by atoms with van der Waals surface area (Å²) in [5.41, 5.74) is 0.0163. The van der Waals surface area contributed by atoms with Gasteiger partial charge in [-0.25, -0.2) is 0 Å². The summed E-state index contributed by atoms with van der Waals surface area (Å²) in [7, 11) is 0. The number of guanidine groups is 1. The van der Waals surface area contributed by atoms with E-state index >= 15 is 0 Å². The van der Waals surface area contributed by atoms with E-state index in [-0.39, 0.29) is 12.0 Å². The van der Waals surface area contributed by atoms with Gasteiger partial charge >= 0.3 is 0 Å². The highest BCUT2D eigenvalue weighted by Gasteiger charge is 2.34. The zero-order chi connectivity index (χ0) is 17.3. The molecule has 2 saturated heterocycles. The summed E-state index contributed by atoms with van der Waals surface area (Å²) in [6.07, 6.45) is 4.27. The summed E-state index contributed by atoms with van der Waals surface area (Å²) in [5, 5.41) is 16.2. The van der Waals surface area contributed by atoms with Crippen LogP contribution in [0, 0.1) is 11.3 Å². The van der Waals surface area contributed by atoms with E-state index in [1.54, 1.807) is 0 Å². The molecule has 2 unspecified atom stereocenters. The molecule has 2 fully saturated rings. The number of nitrogens with one attached hydrogen (secondary N) is 2. The molecule has 0 bridgehead atoms. The number of aliphatic hydroxyl groups excluding tert-OH is 1. The van der Waals surface area contributed by atoms with Gasteiger partial charge in [0.1, 0.15) is 0 Å². The lowest BCUT2D eigenvalue weighted by molar-refractivity contribution is 0.131. The number of aliphatic imine (C=N–C) groups is 1. The second-order valence-electron chi connectivity index (χ2n) is 7.31. The van der Waals surface area contributed by atoms with Gasteiger partial charge in [0.25, 0.3) is 0 Å². The highest BCUT2D eigenvalue weighted by Crippen LogP contribution is 2.32. The number of aliphatic hydroxyl groups is 1. The monoisotopic (exact) mass is 340 g/mol. The molecule has 2 rings (SSSR count). The van der Waals surface area contributed by atoms with Crippen molar-refractivity contribution in [3.8, 4) is 0 Å². The first-order valence-electron chi connectivity index (χ1n) is 9.64. The summed E-state index contributed by atoms with van der Waals surface area (Å²) < 4.78 is 5.55. The average molecular weight is 341 g/mol. The highest BCUT2D eigenvalue weighted by atomic mass is 16.5. The number of ether oxygens (including phenoxy) is 1. The molecule has 0 amide bonds. The molecular weight excluding hydrogens is 304 g/mol. The lowest BCUT2D eigenvalue weighted by Crippen LogP contribution is -2.41. The van der Waals surface area contributed by atoms with E-state index in [9.17, 15) is 5.11 Å². The summed E-state index contributed by atoms with van der Waals surface area (Å²) in [6.45, 7) is 12.3. The van der Waals surface area contributed by atoms with Gasteiger partial charge in [-0.3, -0.25) is 4.99 Å². The van der Waals surface area contributed by atoms with E-state index in [0.717, 1.165) is 45.0 Å².